The Labute approximate surface area is 125 Å². The first-order valence-corrected chi connectivity index (χ1v) is 7.86. The molecule has 4 heteroatoms. The fourth-order valence-electron chi connectivity index (χ4n) is 3.00. The minimum Gasteiger partial charge on any atom is -0.271 e. The van der Waals surface area contributed by atoms with Gasteiger partial charge in [0.05, 0.1) is 0 Å². The third-order valence-corrected chi connectivity index (χ3v) is 4.72. The number of nitrogens with one attached hydrogen (secondary N) is 1. The van der Waals surface area contributed by atoms with Crippen LogP contribution in [0.15, 0.2) is 18.2 Å². The zero-order valence-electron chi connectivity index (χ0n) is 11.2. The van der Waals surface area contributed by atoms with E-state index in [1.165, 1.54) is 38.5 Å². The van der Waals surface area contributed by atoms with Crippen LogP contribution < -0.4 is 11.3 Å². The zero-order chi connectivity index (χ0) is 13.7. The third kappa shape index (κ3) is 4.35. The summed E-state index contributed by atoms with van der Waals surface area (Å²) < 4.78 is 0. The van der Waals surface area contributed by atoms with Crippen molar-refractivity contribution in [1.29, 1.82) is 0 Å². The van der Waals surface area contributed by atoms with Crippen molar-refractivity contribution in [1.82, 2.24) is 5.43 Å². The summed E-state index contributed by atoms with van der Waals surface area (Å²) in [4.78, 5) is 0. The van der Waals surface area contributed by atoms with E-state index in [9.17, 15) is 0 Å². The highest BCUT2D eigenvalue weighted by molar-refractivity contribution is 6.35. The van der Waals surface area contributed by atoms with Gasteiger partial charge < -0.3 is 0 Å². The molecule has 1 aromatic carbocycles. The second-order valence-corrected chi connectivity index (χ2v) is 6.31. The summed E-state index contributed by atoms with van der Waals surface area (Å²) in [5, 5.41) is 1.42. The standard InChI is InChI=1S/C15H22Cl2N2/c16-13-8-7-12(14(17)10-13)9-15(19-18)11-5-3-1-2-4-6-11/h7-8,10-11,15,19H,1-6,9,18H2. The summed E-state index contributed by atoms with van der Waals surface area (Å²) in [6, 6.07) is 6.01. The van der Waals surface area contributed by atoms with Gasteiger partial charge in [-0.1, -0.05) is 55.0 Å². The Morgan fingerprint density at radius 2 is 1.84 bits per heavy atom. The Morgan fingerprint density at radius 3 is 2.42 bits per heavy atom. The maximum Gasteiger partial charge on any atom is 0.0453 e. The van der Waals surface area contributed by atoms with Crippen molar-refractivity contribution in [3.8, 4) is 0 Å². The second kappa shape index (κ2) is 7.49. The molecule has 2 rings (SSSR count). The molecule has 1 aliphatic rings. The molecular formula is C15H22Cl2N2. The van der Waals surface area contributed by atoms with E-state index in [-0.39, 0.29) is 0 Å². The average Bonchev–Trinajstić information content (AvgIpc) is 2.67. The molecule has 0 radical (unpaired) electrons. The summed E-state index contributed by atoms with van der Waals surface area (Å²) >= 11 is 12.2. The van der Waals surface area contributed by atoms with Crippen LogP contribution in [0, 0.1) is 5.92 Å². The van der Waals surface area contributed by atoms with Crippen LogP contribution in [0.3, 0.4) is 0 Å². The highest BCUT2D eigenvalue weighted by Gasteiger charge is 2.22. The van der Waals surface area contributed by atoms with Crippen LogP contribution in [-0.4, -0.2) is 6.04 Å². The molecule has 106 valence electrons. The second-order valence-electron chi connectivity index (χ2n) is 5.46. The molecule has 0 heterocycles. The lowest BCUT2D eigenvalue weighted by Gasteiger charge is -2.26. The van der Waals surface area contributed by atoms with Crippen LogP contribution in [0.5, 0.6) is 0 Å². The fourth-order valence-corrected chi connectivity index (χ4v) is 3.48. The van der Waals surface area contributed by atoms with Crippen LogP contribution >= 0.6 is 23.2 Å². The molecule has 0 bridgehead atoms. The van der Waals surface area contributed by atoms with E-state index in [1.54, 1.807) is 6.07 Å². The minimum absolute atomic E-state index is 0.303. The molecule has 1 saturated carbocycles. The summed E-state index contributed by atoms with van der Waals surface area (Å²) in [6.45, 7) is 0. The van der Waals surface area contributed by atoms with Crippen LogP contribution in [-0.2, 0) is 6.42 Å². The molecule has 1 fully saturated rings. The Bertz CT molecular complexity index is 401. The highest BCUT2D eigenvalue weighted by atomic mass is 35.5. The van der Waals surface area contributed by atoms with Crippen LogP contribution in [0.4, 0.5) is 0 Å². The molecule has 2 nitrogen and oxygen atoms in total. The van der Waals surface area contributed by atoms with Crippen molar-refractivity contribution in [2.45, 2.75) is 51.0 Å². The van der Waals surface area contributed by atoms with Gasteiger partial charge in [-0.3, -0.25) is 11.3 Å². The lowest BCUT2D eigenvalue weighted by atomic mass is 9.88. The predicted molar refractivity (Wildman–Crippen MR) is 82.5 cm³/mol. The smallest absolute Gasteiger partial charge is 0.0453 e. The van der Waals surface area contributed by atoms with Crippen molar-refractivity contribution >= 4 is 23.2 Å². The lowest BCUT2D eigenvalue weighted by molar-refractivity contribution is 0.320. The maximum atomic E-state index is 6.25. The van der Waals surface area contributed by atoms with Gasteiger partial charge in [0.2, 0.25) is 0 Å². The Kier molecular flexibility index (Phi) is 5.96. The number of rotatable bonds is 4. The van der Waals surface area contributed by atoms with Crippen molar-refractivity contribution in [2.75, 3.05) is 0 Å². The molecule has 1 aliphatic carbocycles. The maximum absolute atomic E-state index is 6.25. The molecule has 1 unspecified atom stereocenters. The van der Waals surface area contributed by atoms with Gasteiger partial charge in [0.1, 0.15) is 0 Å². The van der Waals surface area contributed by atoms with Crippen LogP contribution in [0.1, 0.15) is 44.1 Å². The molecule has 0 aromatic heterocycles. The topological polar surface area (TPSA) is 38.0 Å². The normalized spacial score (nSPS) is 19.1. The van der Waals surface area contributed by atoms with E-state index in [1.807, 2.05) is 12.1 Å². The van der Waals surface area contributed by atoms with Gasteiger partial charge >= 0.3 is 0 Å². The average molecular weight is 301 g/mol. The SMILES string of the molecule is NNC(Cc1ccc(Cl)cc1Cl)C1CCCCCC1. The first-order chi connectivity index (χ1) is 9.20. The number of benzene rings is 1. The molecule has 1 atom stereocenters. The number of halogens is 2. The largest absolute Gasteiger partial charge is 0.271 e. The van der Waals surface area contributed by atoms with Crippen molar-refractivity contribution in [2.24, 2.45) is 11.8 Å². The first-order valence-electron chi connectivity index (χ1n) is 7.10. The van der Waals surface area contributed by atoms with E-state index in [2.05, 4.69) is 5.43 Å². The highest BCUT2D eigenvalue weighted by Crippen LogP contribution is 2.29. The molecule has 0 amide bonds. The molecule has 19 heavy (non-hydrogen) atoms. The van der Waals surface area contributed by atoms with Crippen molar-refractivity contribution in [3.05, 3.63) is 33.8 Å². The van der Waals surface area contributed by atoms with Gasteiger partial charge in [-0.25, -0.2) is 0 Å². The number of hydrazine groups is 1. The molecule has 0 saturated heterocycles. The fraction of sp³-hybridized carbons (Fsp3) is 0.600. The van der Waals surface area contributed by atoms with E-state index in [0.717, 1.165) is 17.0 Å². The van der Waals surface area contributed by atoms with Gasteiger partial charge in [-0.15, -0.1) is 0 Å². The summed E-state index contributed by atoms with van der Waals surface area (Å²) in [7, 11) is 0. The van der Waals surface area contributed by atoms with Gasteiger partial charge in [0.25, 0.3) is 0 Å². The van der Waals surface area contributed by atoms with E-state index in [0.29, 0.717) is 17.0 Å². The van der Waals surface area contributed by atoms with Gasteiger partial charge in [0, 0.05) is 16.1 Å². The Hall–Kier alpha value is -0.280. The van der Waals surface area contributed by atoms with Crippen molar-refractivity contribution < 1.29 is 0 Å². The van der Waals surface area contributed by atoms with Gasteiger partial charge in [-0.05, 0) is 42.9 Å². The predicted octanol–water partition coefficient (Wildman–Crippen LogP) is 4.34. The van der Waals surface area contributed by atoms with Gasteiger partial charge in [0.15, 0.2) is 0 Å². The number of hydrogen-bond donors (Lipinski definition) is 2. The Morgan fingerprint density at radius 1 is 1.16 bits per heavy atom. The third-order valence-electron chi connectivity index (χ3n) is 4.14. The zero-order valence-corrected chi connectivity index (χ0v) is 12.7. The first kappa shape index (κ1) is 15.1. The molecule has 1 aromatic rings. The lowest BCUT2D eigenvalue weighted by Crippen LogP contribution is -2.42. The van der Waals surface area contributed by atoms with E-state index >= 15 is 0 Å². The molecule has 3 N–H and O–H groups in total. The molecule has 0 spiro atoms. The monoisotopic (exact) mass is 300 g/mol. The van der Waals surface area contributed by atoms with Crippen molar-refractivity contribution in [3.63, 3.8) is 0 Å². The number of nitrogens with two attached hydrogens (primary N) is 1. The molecule has 0 aliphatic heterocycles. The summed E-state index contributed by atoms with van der Waals surface area (Å²) in [5.74, 6) is 6.42. The number of hydrogen-bond acceptors (Lipinski definition) is 2. The van der Waals surface area contributed by atoms with E-state index < -0.39 is 0 Å². The summed E-state index contributed by atoms with van der Waals surface area (Å²) in [5.41, 5.74) is 4.12. The van der Waals surface area contributed by atoms with Crippen LogP contribution in [0.2, 0.25) is 10.0 Å². The van der Waals surface area contributed by atoms with Crippen LogP contribution in [0.25, 0.3) is 0 Å². The van der Waals surface area contributed by atoms with E-state index in [4.69, 9.17) is 29.0 Å². The Balaban J connectivity index is 2.04. The molecular weight excluding hydrogens is 279 g/mol. The summed E-state index contributed by atoms with van der Waals surface area (Å²) in [6.07, 6.45) is 8.75. The quantitative estimate of drug-likeness (QED) is 0.493. The minimum atomic E-state index is 0.303. The van der Waals surface area contributed by atoms with Gasteiger partial charge in [-0.2, -0.15) is 0 Å².